The summed E-state index contributed by atoms with van der Waals surface area (Å²) in [6.07, 6.45) is 0.561. The molecule has 1 amide bonds. The number of carbonyl (C=O) groups is 1. The van der Waals surface area contributed by atoms with Crippen molar-refractivity contribution in [2.24, 2.45) is 5.92 Å². The van der Waals surface area contributed by atoms with Gasteiger partial charge in [-0.05, 0) is 19.3 Å². The first-order valence-electron chi connectivity index (χ1n) is 7.49. The maximum atomic E-state index is 12.0. The Labute approximate surface area is 135 Å². The van der Waals surface area contributed by atoms with Crippen molar-refractivity contribution < 1.29 is 13.2 Å². The third-order valence-electron chi connectivity index (χ3n) is 4.23. The largest absolute Gasteiger partial charge is 0.310 e. The molecule has 0 radical (unpaired) electrons. The molecule has 1 aromatic heterocycles. The minimum Gasteiger partial charge on any atom is -0.310 e. The number of amides is 1. The zero-order chi connectivity index (χ0) is 16.1. The normalized spacial score (nSPS) is 27.5. The number of nitrogens with one attached hydrogen (secondary N) is 1. The average Bonchev–Trinajstić information content (AvgIpc) is 2.85. The number of anilines is 1. The standard InChI is InChI=1S/C14H21N3O3S2/c1-8(2)13-12-9(3)16-17(10-4-5-22(19,20)7-10)14(12)15-11(18)6-21-13/h8,10,13H,4-7H2,1-3H3,(H,15,18)/t10-,13+/m1/s1. The highest BCUT2D eigenvalue weighted by Gasteiger charge is 2.36. The zero-order valence-electron chi connectivity index (χ0n) is 13.0. The molecule has 2 aliphatic rings. The molecule has 0 spiro atoms. The van der Waals surface area contributed by atoms with Gasteiger partial charge in [-0.15, -0.1) is 11.8 Å². The van der Waals surface area contributed by atoms with Crippen LogP contribution in [0.15, 0.2) is 0 Å². The zero-order valence-corrected chi connectivity index (χ0v) is 14.6. The van der Waals surface area contributed by atoms with E-state index in [9.17, 15) is 13.2 Å². The van der Waals surface area contributed by atoms with E-state index in [1.807, 2.05) is 6.92 Å². The highest BCUT2D eigenvalue weighted by atomic mass is 32.2. The average molecular weight is 343 g/mol. The molecule has 0 unspecified atom stereocenters. The van der Waals surface area contributed by atoms with Crippen LogP contribution in [0.5, 0.6) is 0 Å². The van der Waals surface area contributed by atoms with Crippen LogP contribution in [-0.4, -0.2) is 41.4 Å². The molecule has 3 rings (SSSR count). The summed E-state index contributed by atoms with van der Waals surface area (Å²) in [6, 6.07) is -0.177. The quantitative estimate of drug-likeness (QED) is 0.887. The first kappa shape index (κ1) is 15.9. The van der Waals surface area contributed by atoms with Crippen molar-refractivity contribution in [1.82, 2.24) is 9.78 Å². The molecular formula is C14H21N3O3S2. The van der Waals surface area contributed by atoms with E-state index in [4.69, 9.17) is 0 Å². The minimum absolute atomic E-state index is 0.0450. The Morgan fingerprint density at radius 1 is 1.41 bits per heavy atom. The number of nitrogens with zero attached hydrogens (tertiary/aromatic N) is 2. The highest BCUT2D eigenvalue weighted by molar-refractivity contribution is 8.00. The van der Waals surface area contributed by atoms with Crippen LogP contribution in [-0.2, 0) is 14.6 Å². The van der Waals surface area contributed by atoms with Gasteiger partial charge in [0.1, 0.15) is 5.82 Å². The van der Waals surface area contributed by atoms with Gasteiger partial charge in [-0.3, -0.25) is 4.79 Å². The predicted molar refractivity (Wildman–Crippen MR) is 87.9 cm³/mol. The topological polar surface area (TPSA) is 81.1 Å². The lowest BCUT2D eigenvalue weighted by Gasteiger charge is -2.19. The predicted octanol–water partition coefficient (Wildman–Crippen LogP) is 1.93. The van der Waals surface area contributed by atoms with E-state index in [1.54, 1.807) is 16.4 Å². The van der Waals surface area contributed by atoms with Gasteiger partial charge in [-0.2, -0.15) is 5.10 Å². The van der Waals surface area contributed by atoms with Crippen molar-refractivity contribution >= 4 is 33.3 Å². The van der Waals surface area contributed by atoms with Crippen LogP contribution in [0.1, 0.15) is 42.8 Å². The Hall–Kier alpha value is -1.02. The lowest BCUT2D eigenvalue weighted by Crippen LogP contribution is -2.20. The number of hydrogen-bond donors (Lipinski definition) is 1. The summed E-state index contributed by atoms with van der Waals surface area (Å²) < 4.78 is 25.3. The van der Waals surface area contributed by atoms with Crippen LogP contribution < -0.4 is 5.32 Å². The van der Waals surface area contributed by atoms with Crippen LogP contribution >= 0.6 is 11.8 Å². The second kappa shape index (κ2) is 5.56. The van der Waals surface area contributed by atoms with Gasteiger partial charge in [0.2, 0.25) is 5.91 Å². The highest BCUT2D eigenvalue weighted by Crippen LogP contribution is 2.44. The number of sulfone groups is 1. The first-order valence-corrected chi connectivity index (χ1v) is 10.4. The lowest BCUT2D eigenvalue weighted by molar-refractivity contribution is -0.113. The molecule has 22 heavy (non-hydrogen) atoms. The molecule has 0 bridgehead atoms. The molecule has 1 aromatic rings. The maximum Gasteiger partial charge on any atom is 0.235 e. The van der Waals surface area contributed by atoms with E-state index in [0.29, 0.717) is 23.9 Å². The van der Waals surface area contributed by atoms with E-state index < -0.39 is 9.84 Å². The molecule has 122 valence electrons. The van der Waals surface area contributed by atoms with Crippen LogP contribution in [0.2, 0.25) is 0 Å². The van der Waals surface area contributed by atoms with E-state index in [0.717, 1.165) is 11.3 Å². The molecule has 2 aliphatic heterocycles. The van der Waals surface area contributed by atoms with E-state index in [1.165, 1.54) is 0 Å². The number of hydrogen-bond acceptors (Lipinski definition) is 5. The Bertz CT molecular complexity index is 709. The van der Waals surface area contributed by atoms with Crippen molar-refractivity contribution in [3.8, 4) is 0 Å². The molecule has 0 aromatic carbocycles. The van der Waals surface area contributed by atoms with E-state index >= 15 is 0 Å². The van der Waals surface area contributed by atoms with Crippen LogP contribution in [0.4, 0.5) is 5.82 Å². The lowest BCUT2D eigenvalue weighted by atomic mass is 10.0. The first-order chi connectivity index (χ1) is 10.3. The molecular weight excluding hydrogens is 322 g/mol. The van der Waals surface area contributed by atoms with Crippen molar-refractivity contribution in [3.05, 3.63) is 11.3 Å². The fourth-order valence-electron chi connectivity index (χ4n) is 3.20. The Kier molecular flexibility index (Phi) is 4.01. The summed E-state index contributed by atoms with van der Waals surface area (Å²) >= 11 is 1.63. The Balaban J connectivity index is 2.07. The van der Waals surface area contributed by atoms with Gasteiger partial charge in [0.15, 0.2) is 9.84 Å². The fraction of sp³-hybridized carbons (Fsp3) is 0.714. The third kappa shape index (κ3) is 2.78. The van der Waals surface area contributed by atoms with Crippen LogP contribution in [0.25, 0.3) is 0 Å². The maximum absolute atomic E-state index is 12.0. The summed E-state index contributed by atoms with van der Waals surface area (Å²) in [4.78, 5) is 12.0. The molecule has 1 N–H and O–H groups in total. The van der Waals surface area contributed by atoms with Gasteiger partial charge in [-0.1, -0.05) is 13.8 Å². The van der Waals surface area contributed by atoms with Crippen molar-refractivity contribution in [3.63, 3.8) is 0 Å². The van der Waals surface area contributed by atoms with Crippen LogP contribution in [0, 0.1) is 12.8 Å². The van der Waals surface area contributed by atoms with Gasteiger partial charge in [-0.25, -0.2) is 13.1 Å². The minimum atomic E-state index is -2.99. The van der Waals surface area contributed by atoms with Gasteiger partial charge in [0, 0.05) is 10.8 Å². The molecule has 6 nitrogen and oxygen atoms in total. The van der Waals surface area contributed by atoms with Gasteiger partial charge in [0.05, 0.1) is 29.0 Å². The summed E-state index contributed by atoms with van der Waals surface area (Å²) in [5, 5.41) is 7.71. The van der Waals surface area contributed by atoms with Gasteiger partial charge in [0.25, 0.3) is 0 Å². The number of thioether (sulfide) groups is 1. The summed E-state index contributed by atoms with van der Waals surface area (Å²) in [7, 11) is -2.99. The van der Waals surface area contributed by atoms with Crippen molar-refractivity contribution in [2.45, 2.75) is 38.5 Å². The second-order valence-corrected chi connectivity index (χ2v) is 9.73. The number of carbonyl (C=O) groups excluding carboxylic acids is 1. The summed E-state index contributed by atoms with van der Waals surface area (Å²) in [5.74, 6) is 1.75. The fourth-order valence-corrected chi connectivity index (χ4v) is 6.13. The second-order valence-electron chi connectivity index (χ2n) is 6.37. The summed E-state index contributed by atoms with van der Waals surface area (Å²) in [5.41, 5.74) is 1.93. The molecule has 0 saturated carbocycles. The molecule has 2 atom stereocenters. The molecule has 3 heterocycles. The van der Waals surface area contributed by atoms with Gasteiger partial charge < -0.3 is 5.32 Å². The van der Waals surface area contributed by atoms with Gasteiger partial charge >= 0.3 is 0 Å². The Morgan fingerprint density at radius 3 is 2.73 bits per heavy atom. The monoisotopic (exact) mass is 343 g/mol. The SMILES string of the molecule is Cc1nn([C@@H]2CCS(=O)(=O)C2)c2c1[C@H](C(C)C)SCC(=O)N2. The van der Waals surface area contributed by atoms with Crippen LogP contribution in [0.3, 0.4) is 0 Å². The molecule has 1 saturated heterocycles. The van der Waals surface area contributed by atoms with Crippen molar-refractivity contribution in [2.75, 3.05) is 22.6 Å². The number of fused-ring (bicyclic) bond motifs is 1. The molecule has 8 heteroatoms. The smallest absolute Gasteiger partial charge is 0.235 e. The number of rotatable bonds is 2. The third-order valence-corrected chi connectivity index (χ3v) is 7.55. The number of aryl methyl sites for hydroxylation is 1. The van der Waals surface area contributed by atoms with E-state index in [2.05, 4.69) is 24.3 Å². The molecule has 0 aliphatic carbocycles. The number of aromatic nitrogens is 2. The van der Waals surface area contributed by atoms with Crippen molar-refractivity contribution in [1.29, 1.82) is 0 Å². The summed E-state index contributed by atoms with van der Waals surface area (Å²) in [6.45, 7) is 6.20. The molecule has 1 fully saturated rings. The Morgan fingerprint density at radius 2 is 2.14 bits per heavy atom. The van der Waals surface area contributed by atoms with E-state index in [-0.39, 0.29) is 28.7 Å².